The highest BCUT2D eigenvalue weighted by Gasteiger charge is 2.27. The molecule has 5 aromatic carbocycles. The summed E-state index contributed by atoms with van der Waals surface area (Å²) in [7, 11) is 0. The largest absolute Gasteiger partial charge is 0.456 e. The summed E-state index contributed by atoms with van der Waals surface area (Å²) in [5, 5.41) is 2.27. The van der Waals surface area contributed by atoms with Crippen LogP contribution >= 0.6 is 0 Å². The first-order valence-electron chi connectivity index (χ1n) is 13.6. The van der Waals surface area contributed by atoms with Crippen molar-refractivity contribution < 1.29 is 9.15 Å². The second kappa shape index (κ2) is 9.18. The summed E-state index contributed by atoms with van der Waals surface area (Å²) in [6, 6.07) is 39.9. The van der Waals surface area contributed by atoms with E-state index in [0.29, 0.717) is 0 Å². The molecule has 1 aliphatic carbocycles. The molecular weight excluding hydrogens is 490 g/mol. The fourth-order valence-electron chi connectivity index (χ4n) is 5.75. The zero-order chi connectivity index (χ0) is 26.5. The molecule has 0 unspecified atom stereocenters. The molecule has 1 aliphatic heterocycles. The number of nitrogens with zero attached hydrogens (tertiary/aromatic N) is 1. The second-order valence-corrected chi connectivity index (χ2v) is 10.1. The third-order valence-corrected chi connectivity index (χ3v) is 7.70. The lowest BCUT2D eigenvalue weighted by molar-refractivity contribution is 0.476. The van der Waals surface area contributed by atoms with Crippen LogP contribution in [0.3, 0.4) is 0 Å². The number of ether oxygens (including phenoxy) is 1. The number of furan rings is 1. The maximum atomic E-state index is 6.49. The SMILES string of the molecule is C1=CC(N2c3ccccc3Oc3cc(-c4ccc5c(c4)oc4ccccc45)ccc32)=CCC=C1c1ccccc1. The summed E-state index contributed by atoms with van der Waals surface area (Å²) in [5.74, 6) is 1.67. The van der Waals surface area contributed by atoms with E-state index in [1.807, 2.05) is 30.3 Å². The van der Waals surface area contributed by atoms with Crippen LogP contribution in [-0.2, 0) is 0 Å². The van der Waals surface area contributed by atoms with Gasteiger partial charge in [0.1, 0.15) is 11.2 Å². The van der Waals surface area contributed by atoms with E-state index in [1.54, 1.807) is 0 Å². The Morgan fingerprint density at radius 2 is 1.27 bits per heavy atom. The van der Waals surface area contributed by atoms with Crippen molar-refractivity contribution in [2.24, 2.45) is 0 Å². The Morgan fingerprint density at radius 3 is 2.23 bits per heavy atom. The molecule has 6 aromatic rings. The van der Waals surface area contributed by atoms with Gasteiger partial charge in [-0.15, -0.1) is 0 Å². The molecule has 8 rings (SSSR count). The van der Waals surface area contributed by atoms with Gasteiger partial charge in [-0.3, -0.25) is 0 Å². The fraction of sp³-hybridized carbons (Fsp3) is 0.0270. The van der Waals surface area contributed by atoms with E-state index in [4.69, 9.17) is 9.15 Å². The van der Waals surface area contributed by atoms with E-state index in [-0.39, 0.29) is 0 Å². The number of anilines is 2. The molecule has 0 bridgehead atoms. The molecule has 0 atom stereocenters. The lowest BCUT2D eigenvalue weighted by Gasteiger charge is -2.33. The van der Waals surface area contributed by atoms with Crippen LogP contribution in [0.2, 0.25) is 0 Å². The minimum absolute atomic E-state index is 0.829. The molecule has 190 valence electrons. The van der Waals surface area contributed by atoms with Crippen molar-refractivity contribution in [3.63, 3.8) is 0 Å². The number of hydrogen-bond donors (Lipinski definition) is 0. The summed E-state index contributed by atoms with van der Waals surface area (Å²) in [5.41, 5.74) is 9.59. The number of para-hydroxylation sites is 3. The predicted octanol–water partition coefficient (Wildman–Crippen LogP) is 10.4. The van der Waals surface area contributed by atoms with Gasteiger partial charge in [-0.2, -0.15) is 0 Å². The van der Waals surface area contributed by atoms with Crippen LogP contribution in [0, 0.1) is 0 Å². The first-order chi connectivity index (χ1) is 19.8. The summed E-state index contributed by atoms with van der Waals surface area (Å²) in [4.78, 5) is 2.30. The van der Waals surface area contributed by atoms with Crippen LogP contribution < -0.4 is 9.64 Å². The molecule has 1 aromatic heterocycles. The summed E-state index contributed by atoms with van der Waals surface area (Å²) in [6.07, 6.45) is 9.83. The van der Waals surface area contributed by atoms with Gasteiger partial charge in [-0.1, -0.05) is 91.0 Å². The standard InChI is InChI=1S/C37H25NO2/c1-2-9-25(10-3-1)26-11-8-12-29(20-17-26)38-32-14-5-7-16-35(32)40-37-24-28(19-22-33(37)38)27-18-21-31-30-13-4-6-15-34(30)39-36(31)23-27/h1-7,9-24H,8H2. The predicted molar refractivity (Wildman–Crippen MR) is 164 cm³/mol. The van der Waals surface area contributed by atoms with Gasteiger partial charge >= 0.3 is 0 Å². The van der Waals surface area contributed by atoms with Gasteiger partial charge in [0, 0.05) is 16.5 Å². The van der Waals surface area contributed by atoms with Crippen molar-refractivity contribution in [1.82, 2.24) is 0 Å². The highest BCUT2D eigenvalue weighted by atomic mass is 16.5. The monoisotopic (exact) mass is 515 g/mol. The van der Waals surface area contributed by atoms with Crippen LogP contribution in [0.1, 0.15) is 12.0 Å². The van der Waals surface area contributed by atoms with E-state index in [2.05, 4.69) is 114 Å². The van der Waals surface area contributed by atoms with Gasteiger partial charge in [0.25, 0.3) is 0 Å². The average molecular weight is 516 g/mol. The van der Waals surface area contributed by atoms with Crippen molar-refractivity contribution in [3.05, 3.63) is 151 Å². The molecule has 0 amide bonds. The topological polar surface area (TPSA) is 25.6 Å². The lowest BCUT2D eigenvalue weighted by Crippen LogP contribution is -2.19. The van der Waals surface area contributed by atoms with Crippen molar-refractivity contribution in [1.29, 1.82) is 0 Å². The Kier molecular flexibility index (Phi) is 5.20. The molecule has 2 heterocycles. The second-order valence-electron chi connectivity index (χ2n) is 10.1. The third-order valence-electron chi connectivity index (χ3n) is 7.70. The van der Waals surface area contributed by atoms with E-state index in [0.717, 1.165) is 68.1 Å². The van der Waals surface area contributed by atoms with Gasteiger partial charge < -0.3 is 14.1 Å². The van der Waals surface area contributed by atoms with Gasteiger partial charge in [-0.25, -0.2) is 0 Å². The number of fused-ring (bicyclic) bond motifs is 5. The third kappa shape index (κ3) is 3.75. The molecule has 0 saturated heterocycles. The lowest BCUT2D eigenvalue weighted by atomic mass is 10.0. The van der Waals surface area contributed by atoms with Gasteiger partial charge in [-0.05, 0) is 77.2 Å². The Bertz CT molecular complexity index is 2010. The number of allylic oxidation sites excluding steroid dienone is 5. The van der Waals surface area contributed by atoms with Gasteiger partial charge in [0.2, 0.25) is 0 Å². The molecule has 3 nitrogen and oxygen atoms in total. The minimum atomic E-state index is 0.829. The van der Waals surface area contributed by atoms with Crippen molar-refractivity contribution in [2.45, 2.75) is 6.42 Å². The molecule has 3 heteroatoms. The van der Waals surface area contributed by atoms with Gasteiger partial charge in [0.05, 0.1) is 11.4 Å². The molecule has 2 aliphatic rings. The van der Waals surface area contributed by atoms with Crippen molar-refractivity contribution in [2.75, 3.05) is 4.90 Å². The van der Waals surface area contributed by atoms with Crippen LogP contribution in [0.5, 0.6) is 11.5 Å². The van der Waals surface area contributed by atoms with Crippen LogP contribution in [0.4, 0.5) is 11.4 Å². The zero-order valence-corrected chi connectivity index (χ0v) is 21.7. The van der Waals surface area contributed by atoms with Crippen molar-refractivity contribution in [3.8, 4) is 22.6 Å². The molecule has 0 saturated carbocycles. The molecule has 0 fully saturated rings. The molecule has 0 N–H and O–H groups in total. The summed E-state index contributed by atoms with van der Waals surface area (Å²) >= 11 is 0. The minimum Gasteiger partial charge on any atom is -0.456 e. The Morgan fingerprint density at radius 1 is 0.525 bits per heavy atom. The number of benzene rings is 5. The van der Waals surface area contributed by atoms with Gasteiger partial charge in [0.15, 0.2) is 11.5 Å². The zero-order valence-electron chi connectivity index (χ0n) is 21.7. The number of rotatable bonds is 3. The highest BCUT2D eigenvalue weighted by Crippen LogP contribution is 2.50. The maximum Gasteiger partial charge on any atom is 0.152 e. The molecular formula is C37H25NO2. The summed E-state index contributed by atoms with van der Waals surface area (Å²) < 4.78 is 12.7. The van der Waals surface area contributed by atoms with Crippen molar-refractivity contribution >= 4 is 38.9 Å². The van der Waals surface area contributed by atoms with E-state index in [9.17, 15) is 0 Å². The first kappa shape index (κ1) is 22.7. The normalized spacial score (nSPS) is 14.2. The average Bonchev–Trinajstić information content (AvgIpc) is 3.20. The highest BCUT2D eigenvalue weighted by molar-refractivity contribution is 6.06. The Hall–Kier alpha value is -5.28. The smallest absolute Gasteiger partial charge is 0.152 e. The Labute approximate surface area is 232 Å². The van der Waals surface area contributed by atoms with Crippen LogP contribution in [0.15, 0.2) is 150 Å². The fourth-order valence-corrected chi connectivity index (χ4v) is 5.75. The maximum absolute atomic E-state index is 6.49. The molecule has 40 heavy (non-hydrogen) atoms. The summed E-state index contributed by atoms with van der Waals surface area (Å²) in [6.45, 7) is 0. The van der Waals surface area contributed by atoms with E-state index < -0.39 is 0 Å². The quantitative estimate of drug-likeness (QED) is 0.234. The van der Waals surface area contributed by atoms with E-state index in [1.165, 1.54) is 11.1 Å². The Balaban J connectivity index is 1.19. The molecule has 0 spiro atoms. The van der Waals surface area contributed by atoms with E-state index >= 15 is 0 Å². The molecule has 0 radical (unpaired) electrons. The van der Waals surface area contributed by atoms with Crippen LogP contribution in [-0.4, -0.2) is 0 Å². The number of hydrogen-bond acceptors (Lipinski definition) is 3. The first-order valence-corrected chi connectivity index (χ1v) is 13.6. The van der Waals surface area contributed by atoms with Crippen LogP contribution in [0.25, 0.3) is 38.6 Å².